The number of halogens is 3. The topological polar surface area (TPSA) is 78.9 Å². The lowest BCUT2D eigenvalue weighted by atomic mass is 10.2. The summed E-state index contributed by atoms with van der Waals surface area (Å²) in [6.45, 7) is 0.972. The number of hydrogen-bond donors (Lipinski definition) is 0. The summed E-state index contributed by atoms with van der Waals surface area (Å²) in [6, 6.07) is 8.28. The van der Waals surface area contributed by atoms with Gasteiger partial charge in [0.05, 0.1) is 12.6 Å². The zero-order valence-corrected chi connectivity index (χ0v) is 14.0. The van der Waals surface area contributed by atoms with Crippen molar-refractivity contribution in [2.45, 2.75) is 28.9 Å². The van der Waals surface area contributed by atoms with Gasteiger partial charge in [-0.25, -0.2) is 9.67 Å². The predicted molar refractivity (Wildman–Crippen MR) is 83.4 cm³/mol. The number of aromatic nitrogens is 5. The van der Waals surface area contributed by atoms with Gasteiger partial charge in [0, 0.05) is 12.2 Å². The number of nitrogens with zero attached hydrogens (tertiary/aromatic N) is 5. The first-order chi connectivity index (χ1) is 12.5. The third kappa shape index (κ3) is 3.31. The van der Waals surface area contributed by atoms with Crippen molar-refractivity contribution >= 4 is 11.8 Å². The Bertz CT molecular complexity index is 890. The number of rotatable bonds is 4. The van der Waals surface area contributed by atoms with Crippen molar-refractivity contribution < 1.29 is 22.3 Å². The van der Waals surface area contributed by atoms with Crippen LogP contribution in [0.1, 0.15) is 18.2 Å². The monoisotopic (exact) mass is 383 g/mol. The zero-order valence-electron chi connectivity index (χ0n) is 13.2. The highest BCUT2D eigenvalue weighted by molar-refractivity contribution is 7.99. The minimum Gasteiger partial charge on any atom is -0.429 e. The second kappa shape index (κ2) is 6.72. The lowest BCUT2D eigenvalue weighted by Gasteiger charge is -2.09. The first-order valence-electron chi connectivity index (χ1n) is 7.69. The van der Waals surface area contributed by atoms with Gasteiger partial charge >= 0.3 is 6.18 Å². The van der Waals surface area contributed by atoms with Crippen LogP contribution in [-0.4, -0.2) is 38.4 Å². The van der Waals surface area contributed by atoms with E-state index in [1.165, 1.54) is 4.68 Å². The fourth-order valence-corrected chi connectivity index (χ4v) is 3.44. The van der Waals surface area contributed by atoms with Crippen molar-refractivity contribution in [1.29, 1.82) is 0 Å². The highest BCUT2D eigenvalue weighted by Gasteiger charge is 2.40. The quantitative estimate of drug-likeness (QED) is 0.683. The van der Waals surface area contributed by atoms with Crippen LogP contribution >= 0.6 is 11.8 Å². The van der Waals surface area contributed by atoms with Crippen molar-refractivity contribution in [3.8, 4) is 11.5 Å². The van der Waals surface area contributed by atoms with E-state index < -0.39 is 17.0 Å². The van der Waals surface area contributed by atoms with Gasteiger partial charge in [0.25, 0.3) is 0 Å². The fraction of sp³-hybridized carbons (Fsp3) is 0.333. The smallest absolute Gasteiger partial charge is 0.429 e. The van der Waals surface area contributed by atoms with Crippen LogP contribution in [0.5, 0.6) is 0 Å². The SMILES string of the molecule is FC(F)(F)c1nc(-c2ccccc2)oc1Sc1nnnn1C1CCOC1. The van der Waals surface area contributed by atoms with E-state index >= 15 is 0 Å². The summed E-state index contributed by atoms with van der Waals surface area (Å²) in [5, 5.41) is 11.0. The van der Waals surface area contributed by atoms with E-state index in [4.69, 9.17) is 9.15 Å². The molecule has 7 nitrogen and oxygen atoms in total. The molecule has 11 heteroatoms. The number of benzene rings is 1. The van der Waals surface area contributed by atoms with Crippen molar-refractivity contribution in [3.63, 3.8) is 0 Å². The van der Waals surface area contributed by atoms with Crippen LogP contribution < -0.4 is 0 Å². The molecule has 2 aromatic heterocycles. The molecule has 0 saturated carbocycles. The van der Waals surface area contributed by atoms with E-state index in [-0.39, 0.29) is 17.1 Å². The molecule has 3 heterocycles. The predicted octanol–water partition coefficient (Wildman–Crippen LogP) is 3.46. The molecule has 1 atom stereocenters. The molecule has 1 aliphatic rings. The van der Waals surface area contributed by atoms with Crippen molar-refractivity contribution in [2.24, 2.45) is 0 Å². The molecular weight excluding hydrogens is 371 g/mol. The van der Waals surface area contributed by atoms with Crippen LogP contribution in [0.3, 0.4) is 0 Å². The summed E-state index contributed by atoms with van der Waals surface area (Å²) in [5.74, 6) is -0.108. The van der Waals surface area contributed by atoms with Crippen LogP contribution in [0.2, 0.25) is 0 Å². The van der Waals surface area contributed by atoms with Gasteiger partial charge in [0.1, 0.15) is 0 Å². The Hall–Kier alpha value is -2.40. The molecule has 0 aliphatic carbocycles. The highest BCUT2D eigenvalue weighted by atomic mass is 32.2. The van der Waals surface area contributed by atoms with Gasteiger partial charge in [-0.3, -0.25) is 0 Å². The minimum atomic E-state index is -4.66. The average molecular weight is 383 g/mol. The molecule has 0 amide bonds. The maximum absolute atomic E-state index is 13.4. The Kier molecular flexibility index (Phi) is 4.41. The molecular formula is C15H12F3N5O2S. The normalized spacial score (nSPS) is 17.7. The van der Waals surface area contributed by atoms with Gasteiger partial charge < -0.3 is 9.15 Å². The number of alkyl halides is 3. The second-order valence-electron chi connectivity index (χ2n) is 5.54. The third-order valence-electron chi connectivity index (χ3n) is 3.78. The Labute approximate surface area is 149 Å². The van der Waals surface area contributed by atoms with Gasteiger partial charge in [-0.1, -0.05) is 18.2 Å². The molecule has 0 radical (unpaired) electrons. The Morgan fingerprint density at radius 2 is 2.00 bits per heavy atom. The molecule has 3 aromatic rings. The van der Waals surface area contributed by atoms with E-state index in [2.05, 4.69) is 20.5 Å². The number of hydrogen-bond acceptors (Lipinski definition) is 7. The molecule has 1 aromatic carbocycles. The second-order valence-corrected chi connectivity index (χ2v) is 6.48. The molecule has 1 fully saturated rings. The van der Waals surface area contributed by atoms with Crippen LogP contribution in [0.4, 0.5) is 13.2 Å². The van der Waals surface area contributed by atoms with Gasteiger partial charge in [-0.05, 0) is 40.7 Å². The Balaban J connectivity index is 1.70. The number of oxazole rings is 1. The van der Waals surface area contributed by atoms with E-state index in [1.807, 2.05) is 0 Å². The highest BCUT2D eigenvalue weighted by Crippen LogP contribution is 2.41. The molecule has 26 heavy (non-hydrogen) atoms. The van der Waals surface area contributed by atoms with Gasteiger partial charge in [0.2, 0.25) is 16.1 Å². The van der Waals surface area contributed by atoms with Crippen molar-refractivity contribution in [2.75, 3.05) is 13.2 Å². The standard InChI is InChI=1S/C15H12F3N5O2S/c16-15(17,18)11-13(25-12(19-11)9-4-2-1-3-5-9)26-14-20-21-22-23(14)10-6-7-24-8-10/h1-5,10H,6-8H2. The minimum absolute atomic E-state index is 0.108. The summed E-state index contributed by atoms with van der Waals surface area (Å²) < 4.78 is 52.3. The summed E-state index contributed by atoms with van der Waals surface area (Å²) in [4.78, 5) is 3.64. The third-order valence-corrected chi connectivity index (χ3v) is 4.70. The molecule has 136 valence electrons. The molecule has 0 spiro atoms. The molecule has 4 rings (SSSR count). The summed E-state index contributed by atoms with van der Waals surface area (Å²) in [5.41, 5.74) is -0.646. The van der Waals surface area contributed by atoms with Crippen LogP contribution in [0.25, 0.3) is 11.5 Å². The van der Waals surface area contributed by atoms with Crippen LogP contribution in [-0.2, 0) is 10.9 Å². The van der Waals surface area contributed by atoms with E-state index in [0.717, 1.165) is 0 Å². The van der Waals surface area contributed by atoms with Crippen LogP contribution in [0, 0.1) is 0 Å². The van der Waals surface area contributed by atoms with Crippen molar-refractivity contribution in [1.82, 2.24) is 25.2 Å². The first-order valence-corrected chi connectivity index (χ1v) is 8.51. The van der Waals surface area contributed by atoms with Gasteiger partial charge in [-0.15, -0.1) is 5.10 Å². The number of tetrazole rings is 1. The maximum atomic E-state index is 13.4. The average Bonchev–Trinajstić information content (AvgIpc) is 3.35. The number of ether oxygens (including phenoxy) is 1. The first kappa shape index (κ1) is 17.0. The summed E-state index contributed by atoms with van der Waals surface area (Å²) in [6.07, 6.45) is -3.97. The Morgan fingerprint density at radius 3 is 2.69 bits per heavy atom. The molecule has 0 N–H and O–H groups in total. The van der Waals surface area contributed by atoms with E-state index in [1.54, 1.807) is 30.3 Å². The Morgan fingerprint density at radius 1 is 1.19 bits per heavy atom. The van der Waals surface area contributed by atoms with Gasteiger partial charge in [0.15, 0.2) is 5.69 Å². The van der Waals surface area contributed by atoms with E-state index in [9.17, 15) is 13.2 Å². The zero-order chi connectivity index (χ0) is 18.1. The summed E-state index contributed by atoms with van der Waals surface area (Å²) in [7, 11) is 0. The fourth-order valence-electron chi connectivity index (χ4n) is 2.54. The molecule has 1 aliphatic heterocycles. The lowest BCUT2D eigenvalue weighted by Crippen LogP contribution is -2.12. The lowest BCUT2D eigenvalue weighted by molar-refractivity contribution is -0.144. The molecule has 0 bridgehead atoms. The molecule has 1 saturated heterocycles. The maximum Gasteiger partial charge on any atom is 0.437 e. The van der Waals surface area contributed by atoms with Gasteiger partial charge in [-0.2, -0.15) is 13.2 Å². The largest absolute Gasteiger partial charge is 0.437 e. The van der Waals surface area contributed by atoms with Crippen molar-refractivity contribution in [3.05, 3.63) is 36.0 Å². The van der Waals surface area contributed by atoms with E-state index in [0.29, 0.717) is 37.0 Å². The van der Waals surface area contributed by atoms with Crippen LogP contribution in [0.15, 0.2) is 45.0 Å². The molecule has 1 unspecified atom stereocenters. The summed E-state index contributed by atoms with van der Waals surface area (Å²) >= 11 is 0.699.